The normalized spacial score (nSPS) is 12.6. The van der Waals surface area contributed by atoms with Crippen LogP contribution in [0.25, 0.3) is 22.8 Å². The molecule has 0 aliphatic heterocycles. The van der Waals surface area contributed by atoms with Crippen molar-refractivity contribution in [3.8, 4) is 0 Å². The number of ether oxygens (including phenoxy) is 1. The van der Waals surface area contributed by atoms with Gasteiger partial charge in [-0.15, -0.1) is 10.2 Å². The Morgan fingerprint density at radius 1 is 1.30 bits per heavy atom. The van der Waals surface area contributed by atoms with Crippen molar-refractivity contribution in [1.82, 2.24) is 19.6 Å². The molecule has 0 saturated heterocycles. The summed E-state index contributed by atoms with van der Waals surface area (Å²) in [7, 11) is 1.24. The van der Waals surface area contributed by atoms with Crippen molar-refractivity contribution < 1.29 is 22.7 Å². The summed E-state index contributed by atoms with van der Waals surface area (Å²) in [5.41, 5.74) is 1.12. The van der Waals surface area contributed by atoms with Crippen LogP contribution in [0, 0.1) is 0 Å². The molecule has 0 saturated carbocycles. The Hall–Kier alpha value is -2.62. The number of carbonyl (C=O) groups excluding carboxylic acids is 1. The van der Waals surface area contributed by atoms with Crippen LogP contribution < -0.4 is 0 Å². The number of halogens is 3. The molecule has 1 aromatic carbocycles. The number of rotatable bonds is 4. The van der Waals surface area contributed by atoms with E-state index < -0.39 is 18.0 Å². The lowest BCUT2D eigenvalue weighted by Crippen LogP contribution is -2.12. The lowest BCUT2D eigenvalue weighted by atomic mass is 10.1. The molecule has 0 radical (unpaired) electrons. The van der Waals surface area contributed by atoms with E-state index >= 15 is 0 Å². The van der Waals surface area contributed by atoms with Gasteiger partial charge >= 0.3 is 12.1 Å². The highest BCUT2D eigenvalue weighted by atomic mass is 32.2. The third-order valence-electron chi connectivity index (χ3n) is 3.53. The van der Waals surface area contributed by atoms with Crippen LogP contribution in [-0.2, 0) is 15.7 Å². The first kappa shape index (κ1) is 19.2. The van der Waals surface area contributed by atoms with Gasteiger partial charge in [0, 0.05) is 11.3 Å². The number of methoxy groups -OCH3 is 1. The molecule has 27 heavy (non-hydrogen) atoms. The molecule has 0 atom stereocenters. The van der Waals surface area contributed by atoms with Gasteiger partial charge in [-0.1, -0.05) is 31.7 Å². The van der Waals surface area contributed by atoms with E-state index in [-0.39, 0.29) is 16.4 Å². The lowest BCUT2D eigenvalue weighted by molar-refractivity contribution is -0.145. The van der Waals surface area contributed by atoms with Gasteiger partial charge in [0.05, 0.1) is 18.1 Å². The quantitative estimate of drug-likeness (QED) is 0.377. The van der Waals surface area contributed by atoms with E-state index in [1.54, 1.807) is 12.1 Å². The minimum atomic E-state index is -4.68. The van der Waals surface area contributed by atoms with Crippen LogP contribution in [0.15, 0.2) is 29.3 Å². The van der Waals surface area contributed by atoms with Crippen LogP contribution in [0.5, 0.6) is 0 Å². The molecule has 3 aromatic rings. The summed E-state index contributed by atoms with van der Waals surface area (Å²) in [4.78, 5) is 15.7. The Morgan fingerprint density at radius 3 is 2.67 bits per heavy atom. The summed E-state index contributed by atoms with van der Waals surface area (Å²) in [6.07, 6.45) is -2.04. The Bertz CT molecular complexity index is 1040. The zero-order chi connectivity index (χ0) is 19.8. The van der Waals surface area contributed by atoms with Crippen molar-refractivity contribution in [1.29, 1.82) is 0 Å². The summed E-state index contributed by atoms with van der Waals surface area (Å²) < 4.78 is 45.8. The number of thioether (sulfide) groups is 1. The highest BCUT2D eigenvalue weighted by Gasteiger charge is 2.38. The number of hydrogen-bond donors (Lipinski definition) is 0. The topological polar surface area (TPSA) is 69.4 Å². The second-order valence-corrected chi connectivity index (χ2v) is 7.43. The van der Waals surface area contributed by atoms with Crippen molar-refractivity contribution >= 4 is 40.5 Å². The summed E-state index contributed by atoms with van der Waals surface area (Å²) in [5, 5.41) is 7.54. The number of fused-ring (bicyclic) bond motifs is 3. The molecule has 2 heterocycles. The third-order valence-corrected chi connectivity index (χ3v) is 4.50. The predicted molar refractivity (Wildman–Crippen MR) is 95.3 cm³/mol. The number of esters is 1. The Kier molecular flexibility index (Phi) is 5.09. The number of nitrogens with zero attached hydrogens (tertiary/aromatic N) is 4. The summed E-state index contributed by atoms with van der Waals surface area (Å²) in [6, 6.07) is 4.75. The number of aromatic nitrogens is 4. The van der Waals surface area contributed by atoms with Crippen molar-refractivity contribution in [2.75, 3.05) is 7.11 Å². The molecule has 6 nitrogen and oxygen atoms in total. The smallest absolute Gasteiger partial charge is 0.452 e. The number of alkyl halides is 3. The largest absolute Gasteiger partial charge is 0.466 e. The van der Waals surface area contributed by atoms with Crippen LogP contribution in [0.3, 0.4) is 0 Å². The predicted octanol–water partition coefficient (Wildman–Crippen LogP) is 3.98. The van der Waals surface area contributed by atoms with Gasteiger partial charge in [-0.2, -0.15) is 13.2 Å². The zero-order valence-electron chi connectivity index (χ0n) is 14.6. The van der Waals surface area contributed by atoms with Gasteiger partial charge in [-0.3, -0.25) is 4.40 Å². The van der Waals surface area contributed by atoms with E-state index in [4.69, 9.17) is 0 Å². The SMILES string of the molecule is COC(=O)C=Cc1ccc2nc(SC(C)C)c3nnc(C(F)(F)F)n3c2c1. The average Bonchev–Trinajstić information content (AvgIpc) is 3.05. The Balaban J connectivity index is 2.29. The fourth-order valence-electron chi connectivity index (χ4n) is 2.45. The minimum Gasteiger partial charge on any atom is -0.466 e. The van der Waals surface area contributed by atoms with Crippen LogP contribution in [0.1, 0.15) is 25.2 Å². The highest BCUT2D eigenvalue weighted by Crippen LogP contribution is 2.34. The van der Waals surface area contributed by atoms with Crippen molar-refractivity contribution in [3.05, 3.63) is 35.7 Å². The third kappa shape index (κ3) is 3.90. The molecule has 3 rings (SSSR count). The van der Waals surface area contributed by atoms with Crippen LogP contribution >= 0.6 is 11.8 Å². The monoisotopic (exact) mass is 396 g/mol. The molecular formula is C17H15F3N4O2S. The Morgan fingerprint density at radius 2 is 2.04 bits per heavy atom. The molecule has 0 fully saturated rings. The number of benzene rings is 1. The molecular weight excluding hydrogens is 381 g/mol. The molecule has 0 amide bonds. The van der Waals surface area contributed by atoms with E-state index in [9.17, 15) is 18.0 Å². The maximum atomic E-state index is 13.4. The van der Waals surface area contributed by atoms with Gasteiger partial charge in [0.25, 0.3) is 0 Å². The molecule has 0 aliphatic carbocycles. The summed E-state index contributed by atoms with van der Waals surface area (Å²) in [6.45, 7) is 3.82. The van der Waals surface area contributed by atoms with Crippen LogP contribution in [-0.4, -0.2) is 37.9 Å². The van der Waals surface area contributed by atoms with Crippen LogP contribution in [0.2, 0.25) is 0 Å². The van der Waals surface area contributed by atoms with Crippen molar-refractivity contribution in [3.63, 3.8) is 0 Å². The molecule has 0 N–H and O–H groups in total. The van der Waals surface area contributed by atoms with Gasteiger partial charge in [0.2, 0.25) is 5.82 Å². The van der Waals surface area contributed by atoms with Gasteiger partial charge in [0.1, 0.15) is 5.03 Å². The van der Waals surface area contributed by atoms with E-state index in [0.29, 0.717) is 16.1 Å². The minimum absolute atomic E-state index is 0.0441. The fourth-order valence-corrected chi connectivity index (χ4v) is 3.28. The average molecular weight is 396 g/mol. The van der Waals surface area contributed by atoms with Crippen molar-refractivity contribution in [2.24, 2.45) is 0 Å². The molecule has 142 valence electrons. The van der Waals surface area contributed by atoms with Crippen molar-refractivity contribution in [2.45, 2.75) is 30.3 Å². The molecule has 0 bridgehead atoms. The lowest BCUT2D eigenvalue weighted by Gasteiger charge is -2.11. The molecule has 10 heteroatoms. The van der Waals surface area contributed by atoms with Gasteiger partial charge in [-0.05, 0) is 23.8 Å². The summed E-state index contributed by atoms with van der Waals surface area (Å²) >= 11 is 1.31. The molecule has 2 aromatic heterocycles. The Labute approximate surface area is 156 Å². The van der Waals surface area contributed by atoms with Gasteiger partial charge in [-0.25, -0.2) is 9.78 Å². The first-order valence-electron chi connectivity index (χ1n) is 7.89. The molecule has 0 unspecified atom stereocenters. The second-order valence-electron chi connectivity index (χ2n) is 5.87. The van der Waals surface area contributed by atoms with E-state index in [2.05, 4.69) is 19.9 Å². The molecule has 0 aliphatic rings. The van der Waals surface area contributed by atoms with E-state index in [1.807, 2.05) is 13.8 Å². The maximum absolute atomic E-state index is 13.4. The van der Waals surface area contributed by atoms with Crippen LogP contribution in [0.4, 0.5) is 13.2 Å². The number of carbonyl (C=O) groups is 1. The molecule has 0 spiro atoms. The number of hydrogen-bond acceptors (Lipinski definition) is 6. The van der Waals surface area contributed by atoms with Gasteiger partial charge < -0.3 is 4.74 Å². The standard InChI is InChI=1S/C17H15F3N4O2S/c1-9(2)27-15-14-22-23-16(17(18,19)20)24(14)12-8-10(4-6-11(12)21-15)5-7-13(25)26-3/h4-9H,1-3H3. The maximum Gasteiger partial charge on any atom is 0.452 e. The summed E-state index contributed by atoms with van der Waals surface area (Å²) in [5.74, 6) is -1.69. The van der Waals surface area contributed by atoms with Gasteiger partial charge in [0.15, 0.2) is 5.65 Å². The highest BCUT2D eigenvalue weighted by molar-refractivity contribution is 8.00. The fraction of sp³-hybridized carbons (Fsp3) is 0.294. The van der Waals surface area contributed by atoms with E-state index in [1.165, 1.54) is 37.1 Å². The zero-order valence-corrected chi connectivity index (χ0v) is 15.4. The van der Waals surface area contributed by atoms with E-state index in [0.717, 1.165) is 4.40 Å². The first-order chi connectivity index (χ1) is 12.7. The first-order valence-corrected chi connectivity index (χ1v) is 8.77. The second kappa shape index (κ2) is 7.18.